The first-order valence-electron chi connectivity index (χ1n) is 6.58. The second kappa shape index (κ2) is 6.24. The molecule has 0 atom stereocenters. The molecule has 0 bridgehead atoms. The molecule has 3 aromatic rings. The number of pyridine rings is 1. The van der Waals surface area contributed by atoms with Crippen LogP contribution in [0.1, 0.15) is 16.1 Å². The Labute approximate surface area is 131 Å². The third-order valence-corrected chi connectivity index (χ3v) is 4.22. The van der Waals surface area contributed by atoms with E-state index in [1.807, 2.05) is 29.6 Å². The molecule has 0 fully saturated rings. The van der Waals surface area contributed by atoms with Gasteiger partial charge in [0, 0.05) is 11.9 Å². The topological polar surface area (TPSA) is 42.0 Å². The van der Waals surface area contributed by atoms with E-state index in [-0.39, 0.29) is 5.91 Å². The summed E-state index contributed by atoms with van der Waals surface area (Å²) in [6, 6.07) is 11.2. The van der Waals surface area contributed by atoms with Crippen molar-refractivity contribution in [2.75, 3.05) is 6.54 Å². The number of carbonyl (C=O) groups excluding carboxylic acids is 1. The van der Waals surface area contributed by atoms with Crippen molar-refractivity contribution in [2.45, 2.75) is 6.42 Å². The fraction of sp³-hybridized carbons (Fsp3) is 0.125. The highest BCUT2D eigenvalue weighted by Gasteiger charge is 2.10. The molecule has 2 heterocycles. The smallest absolute Gasteiger partial charge is 0.269 e. The Hall–Kier alpha value is -1.91. The number of nitrogens with zero attached hydrogens (tertiary/aromatic N) is 1. The zero-order valence-electron chi connectivity index (χ0n) is 11.2. The van der Waals surface area contributed by atoms with Gasteiger partial charge in [0.25, 0.3) is 5.91 Å². The number of benzene rings is 1. The van der Waals surface area contributed by atoms with Gasteiger partial charge in [0.2, 0.25) is 0 Å². The summed E-state index contributed by atoms with van der Waals surface area (Å²) in [4.78, 5) is 16.5. The number of rotatable bonds is 4. The number of thiophene rings is 1. The maximum absolute atomic E-state index is 12.1. The van der Waals surface area contributed by atoms with Gasteiger partial charge in [0.15, 0.2) is 0 Å². The first-order chi connectivity index (χ1) is 10.2. The van der Waals surface area contributed by atoms with Crippen molar-refractivity contribution in [1.29, 1.82) is 0 Å². The molecular weight excluding hydrogens is 304 g/mol. The fourth-order valence-corrected chi connectivity index (χ4v) is 3.06. The number of halogens is 1. The van der Waals surface area contributed by atoms with Crippen molar-refractivity contribution in [1.82, 2.24) is 10.3 Å². The second-order valence-corrected chi connectivity index (χ2v) is 5.83. The summed E-state index contributed by atoms with van der Waals surface area (Å²) in [5, 5.41) is 8.38. The molecule has 5 heteroatoms. The first-order valence-corrected chi connectivity index (χ1v) is 7.90. The lowest BCUT2D eigenvalue weighted by atomic mass is 10.2. The van der Waals surface area contributed by atoms with E-state index in [0.29, 0.717) is 17.3 Å². The third kappa shape index (κ3) is 3.23. The van der Waals surface area contributed by atoms with Crippen LogP contribution in [0.15, 0.2) is 47.2 Å². The molecule has 1 N–H and O–H groups in total. The normalized spacial score (nSPS) is 10.7. The van der Waals surface area contributed by atoms with Gasteiger partial charge in [-0.25, -0.2) is 4.98 Å². The van der Waals surface area contributed by atoms with Crippen LogP contribution in [-0.2, 0) is 6.42 Å². The van der Waals surface area contributed by atoms with E-state index >= 15 is 0 Å². The summed E-state index contributed by atoms with van der Waals surface area (Å²) in [6.07, 6.45) is 0.816. The molecule has 0 unspecified atom stereocenters. The molecule has 1 amide bonds. The number of aromatic nitrogens is 1. The van der Waals surface area contributed by atoms with E-state index in [1.165, 1.54) is 5.56 Å². The summed E-state index contributed by atoms with van der Waals surface area (Å²) < 4.78 is 0. The van der Waals surface area contributed by atoms with E-state index in [9.17, 15) is 4.79 Å². The van der Waals surface area contributed by atoms with E-state index in [4.69, 9.17) is 11.6 Å². The lowest BCUT2D eigenvalue weighted by molar-refractivity contribution is 0.0949. The van der Waals surface area contributed by atoms with E-state index < -0.39 is 0 Å². The molecule has 0 aliphatic carbocycles. The Morgan fingerprint density at radius 1 is 1.29 bits per heavy atom. The molecule has 2 aromatic heterocycles. The Morgan fingerprint density at radius 2 is 2.14 bits per heavy atom. The molecule has 21 heavy (non-hydrogen) atoms. The minimum absolute atomic E-state index is 0.196. The van der Waals surface area contributed by atoms with Crippen LogP contribution in [0.5, 0.6) is 0 Å². The Bertz CT molecular complexity index is 771. The Morgan fingerprint density at radius 3 is 2.95 bits per heavy atom. The maximum Gasteiger partial charge on any atom is 0.269 e. The fourth-order valence-electron chi connectivity index (χ4n) is 2.10. The van der Waals surface area contributed by atoms with Crippen LogP contribution >= 0.6 is 22.9 Å². The molecule has 0 saturated carbocycles. The summed E-state index contributed by atoms with van der Waals surface area (Å²) >= 11 is 7.86. The zero-order valence-corrected chi connectivity index (χ0v) is 12.7. The summed E-state index contributed by atoms with van der Waals surface area (Å²) in [7, 11) is 0. The Balaban J connectivity index is 1.72. The number of para-hydroxylation sites is 1. The van der Waals surface area contributed by atoms with Crippen molar-refractivity contribution in [3.05, 3.63) is 63.4 Å². The summed E-state index contributed by atoms with van der Waals surface area (Å²) in [5.74, 6) is -0.196. The monoisotopic (exact) mass is 316 g/mol. The molecule has 3 rings (SSSR count). The molecule has 0 saturated heterocycles. The van der Waals surface area contributed by atoms with Crippen LogP contribution in [0.25, 0.3) is 10.9 Å². The first kappa shape index (κ1) is 14.0. The SMILES string of the molecule is O=C(NCCc1ccsc1)c1cc(Cl)c2ccccc2n1. The van der Waals surface area contributed by atoms with Crippen molar-refractivity contribution >= 4 is 39.7 Å². The molecule has 0 radical (unpaired) electrons. The van der Waals surface area contributed by atoms with Gasteiger partial charge >= 0.3 is 0 Å². The van der Waals surface area contributed by atoms with E-state index in [2.05, 4.69) is 21.7 Å². The van der Waals surface area contributed by atoms with Crippen LogP contribution in [0.3, 0.4) is 0 Å². The quantitative estimate of drug-likeness (QED) is 0.792. The highest BCUT2D eigenvalue weighted by molar-refractivity contribution is 7.07. The minimum atomic E-state index is -0.196. The number of nitrogens with one attached hydrogen (secondary N) is 1. The molecule has 0 spiro atoms. The van der Waals surface area contributed by atoms with Gasteiger partial charge in [-0.3, -0.25) is 4.79 Å². The van der Waals surface area contributed by atoms with E-state index in [1.54, 1.807) is 17.4 Å². The molecular formula is C16H13ClN2OS. The highest BCUT2D eigenvalue weighted by atomic mass is 35.5. The van der Waals surface area contributed by atoms with Crippen molar-refractivity contribution in [2.24, 2.45) is 0 Å². The predicted molar refractivity (Wildman–Crippen MR) is 87.1 cm³/mol. The Kier molecular flexibility index (Phi) is 4.18. The number of hydrogen-bond acceptors (Lipinski definition) is 3. The molecule has 106 valence electrons. The van der Waals surface area contributed by atoms with Gasteiger partial charge in [0.1, 0.15) is 5.69 Å². The minimum Gasteiger partial charge on any atom is -0.350 e. The van der Waals surface area contributed by atoms with Crippen molar-refractivity contribution < 1.29 is 4.79 Å². The van der Waals surface area contributed by atoms with Crippen molar-refractivity contribution in [3.63, 3.8) is 0 Å². The van der Waals surface area contributed by atoms with Crippen molar-refractivity contribution in [3.8, 4) is 0 Å². The van der Waals surface area contributed by atoms with Crippen LogP contribution in [-0.4, -0.2) is 17.4 Å². The van der Waals surface area contributed by atoms with E-state index in [0.717, 1.165) is 17.3 Å². The average Bonchev–Trinajstić information content (AvgIpc) is 3.00. The van der Waals surface area contributed by atoms with Gasteiger partial charge < -0.3 is 5.32 Å². The van der Waals surface area contributed by atoms with Gasteiger partial charge in [-0.1, -0.05) is 29.8 Å². The molecule has 3 nitrogen and oxygen atoms in total. The number of hydrogen-bond donors (Lipinski definition) is 1. The zero-order chi connectivity index (χ0) is 14.7. The second-order valence-electron chi connectivity index (χ2n) is 4.64. The van der Waals surface area contributed by atoms with Gasteiger partial charge in [0.05, 0.1) is 10.5 Å². The van der Waals surface area contributed by atoms with Crippen LogP contribution in [0.2, 0.25) is 5.02 Å². The summed E-state index contributed by atoms with van der Waals surface area (Å²) in [6.45, 7) is 0.585. The third-order valence-electron chi connectivity index (χ3n) is 3.18. The van der Waals surface area contributed by atoms with Gasteiger partial charge in [-0.05, 0) is 40.9 Å². The number of amides is 1. The molecule has 0 aliphatic heterocycles. The summed E-state index contributed by atoms with van der Waals surface area (Å²) in [5.41, 5.74) is 2.31. The standard InChI is InChI=1S/C16H13ClN2OS/c17-13-9-15(19-14-4-2-1-3-12(13)14)16(20)18-7-5-11-6-8-21-10-11/h1-4,6,8-10H,5,7H2,(H,18,20). The number of fused-ring (bicyclic) bond motifs is 1. The van der Waals surface area contributed by atoms with Crippen LogP contribution < -0.4 is 5.32 Å². The van der Waals surface area contributed by atoms with Gasteiger partial charge in [-0.15, -0.1) is 0 Å². The molecule has 0 aliphatic rings. The average molecular weight is 317 g/mol. The maximum atomic E-state index is 12.1. The van der Waals surface area contributed by atoms with Gasteiger partial charge in [-0.2, -0.15) is 11.3 Å². The van der Waals surface area contributed by atoms with Crippen LogP contribution in [0.4, 0.5) is 0 Å². The lowest BCUT2D eigenvalue weighted by Crippen LogP contribution is -2.26. The predicted octanol–water partition coefficient (Wildman–Crippen LogP) is 3.92. The largest absolute Gasteiger partial charge is 0.350 e. The number of carbonyl (C=O) groups is 1. The van der Waals surface area contributed by atoms with Crippen LogP contribution in [0, 0.1) is 0 Å². The highest BCUT2D eigenvalue weighted by Crippen LogP contribution is 2.22. The molecule has 1 aromatic carbocycles. The lowest BCUT2D eigenvalue weighted by Gasteiger charge is -2.06.